The van der Waals surface area contributed by atoms with E-state index >= 15 is 0 Å². The molecule has 2 heterocycles. The van der Waals surface area contributed by atoms with Gasteiger partial charge in [0.05, 0.1) is 5.92 Å². The van der Waals surface area contributed by atoms with Gasteiger partial charge in [-0.3, -0.25) is 4.79 Å². The van der Waals surface area contributed by atoms with E-state index in [0.717, 1.165) is 12.0 Å². The lowest BCUT2D eigenvalue weighted by Crippen LogP contribution is -2.27. The Morgan fingerprint density at radius 1 is 1.12 bits per heavy atom. The SMILES string of the molecule is N#CC1=C(N)OC2=C(C(=O)CCC2)C1c1ccc(-c2ccccc2)o1. The second-order valence-electron chi connectivity index (χ2n) is 6.11. The summed E-state index contributed by atoms with van der Waals surface area (Å²) in [6, 6.07) is 15.4. The fraction of sp³-hybridized carbons (Fsp3) is 0.200. The van der Waals surface area contributed by atoms with Crippen LogP contribution in [0.4, 0.5) is 0 Å². The molecule has 0 radical (unpaired) electrons. The minimum absolute atomic E-state index is 0.0100. The van der Waals surface area contributed by atoms with E-state index in [-0.39, 0.29) is 17.2 Å². The van der Waals surface area contributed by atoms with Gasteiger partial charge in [0.25, 0.3) is 0 Å². The van der Waals surface area contributed by atoms with E-state index in [1.54, 1.807) is 6.07 Å². The molecule has 0 fully saturated rings. The topological polar surface area (TPSA) is 89.3 Å². The highest BCUT2D eigenvalue weighted by Crippen LogP contribution is 2.44. The normalized spacial score (nSPS) is 20.1. The van der Waals surface area contributed by atoms with Crippen LogP contribution in [0.15, 0.2) is 69.7 Å². The van der Waals surface area contributed by atoms with Crippen molar-refractivity contribution in [1.82, 2.24) is 0 Å². The number of nitrogens with zero attached hydrogens (tertiary/aromatic N) is 1. The van der Waals surface area contributed by atoms with Crippen molar-refractivity contribution in [2.75, 3.05) is 0 Å². The number of carbonyl (C=O) groups is 1. The Kier molecular flexibility index (Phi) is 3.66. The number of nitriles is 1. The molecule has 0 bridgehead atoms. The van der Waals surface area contributed by atoms with Crippen LogP contribution in [0.2, 0.25) is 0 Å². The lowest BCUT2D eigenvalue weighted by Gasteiger charge is -2.29. The summed E-state index contributed by atoms with van der Waals surface area (Å²) in [5, 5.41) is 9.55. The van der Waals surface area contributed by atoms with E-state index in [2.05, 4.69) is 6.07 Å². The standard InChI is InChI=1S/C20H16N2O3/c21-11-13-18(19-14(23)7-4-8-16(19)25-20(13)22)17-10-9-15(24-17)12-5-2-1-3-6-12/h1-3,5-6,9-10,18H,4,7-8,22H2. The third-order valence-electron chi connectivity index (χ3n) is 4.57. The van der Waals surface area contributed by atoms with Gasteiger partial charge < -0.3 is 14.9 Å². The molecule has 4 rings (SSSR count). The highest BCUT2D eigenvalue weighted by atomic mass is 16.5. The van der Waals surface area contributed by atoms with Gasteiger partial charge in [-0.15, -0.1) is 0 Å². The van der Waals surface area contributed by atoms with Crippen molar-refractivity contribution >= 4 is 5.78 Å². The van der Waals surface area contributed by atoms with E-state index in [9.17, 15) is 10.1 Å². The number of hydrogen-bond donors (Lipinski definition) is 1. The summed E-state index contributed by atoms with van der Waals surface area (Å²) in [7, 11) is 0. The average Bonchev–Trinajstić information content (AvgIpc) is 3.11. The molecule has 0 saturated carbocycles. The van der Waals surface area contributed by atoms with E-state index in [0.29, 0.717) is 35.7 Å². The van der Waals surface area contributed by atoms with Crippen LogP contribution >= 0.6 is 0 Å². The summed E-state index contributed by atoms with van der Waals surface area (Å²) < 4.78 is 11.6. The van der Waals surface area contributed by atoms with Gasteiger partial charge in [0.15, 0.2) is 5.78 Å². The molecule has 25 heavy (non-hydrogen) atoms. The molecule has 1 aromatic carbocycles. The Bertz CT molecular complexity index is 945. The molecule has 1 aromatic heterocycles. The van der Waals surface area contributed by atoms with E-state index in [1.807, 2.05) is 36.4 Å². The van der Waals surface area contributed by atoms with Crippen LogP contribution in [0.5, 0.6) is 0 Å². The number of furan rings is 1. The van der Waals surface area contributed by atoms with E-state index in [4.69, 9.17) is 14.9 Å². The number of allylic oxidation sites excluding steroid dienone is 3. The Labute approximate surface area is 145 Å². The van der Waals surface area contributed by atoms with Crippen molar-refractivity contribution in [2.45, 2.75) is 25.2 Å². The van der Waals surface area contributed by atoms with Crippen molar-refractivity contribution in [3.05, 3.63) is 71.0 Å². The van der Waals surface area contributed by atoms with Crippen molar-refractivity contribution in [1.29, 1.82) is 5.26 Å². The number of Topliss-reactive ketones (excluding diaryl/α,β-unsaturated/α-hetero) is 1. The molecule has 1 unspecified atom stereocenters. The number of benzene rings is 1. The zero-order valence-corrected chi connectivity index (χ0v) is 13.5. The van der Waals surface area contributed by atoms with Crippen molar-refractivity contribution in [3.63, 3.8) is 0 Å². The van der Waals surface area contributed by atoms with Crippen LogP contribution in [0.3, 0.4) is 0 Å². The Hall–Kier alpha value is -3.26. The Morgan fingerprint density at radius 3 is 2.68 bits per heavy atom. The third kappa shape index (κ3) is 2.52. The molecular formula is C20H16N2O3. The van der Waals surface area contributed by atoms with Gasteiger partial charge in [-0.2, -0.15) is 5.26 Å². The summed E-state index contributed by atoms with van der Waals surface area (Å²) in [5.74, 6) is 1.23. The molecule has 1 aliphatic heterocycles. The molecule has 0 amide bonds. The first-order valence-electron chi connectivity index (χ1n) is 8.18. The maximum Gasteiger partial charge on any atom is 0.205 e. The fourth-order valence-corrected chi connectivity index (χ4v) is 3.41. The molecule has 0 saturated heterocycles. The molecule has 5 nitrogen and oxygen atoms in total. The summed E-state index contributed by atoms with van der Waals surface area (Å²) in [6.45, 7) is 0. The van der Waals surface area contributed by atoms with Crippen LogP contribution in [0, 0.1) is 11.3 Å². The number of ketones is 1. The number of carbonyl (C=O) groups excluding carboxylic acids is 1. The molecule has 5 heteroatoms. The van der Waals surface area contributed by atoms with Crippen molar-refractivity contribution < 1.29 is 13.9 Å². The lowest BCUT2D eigenvalue weighted by molar-refractivity contribution is -0.116. The van der Waals surface area contributed by atoms with Crippen molar-refractivity contribution in [3.8, 4) is 17.4 Å². The Morgan fingerprint density at radius 2 is 1.92 bits per heavy atom. The highest BCUT2D eigenvalue weighted by Gasteiger charge is 2.39. The number of ether oxygens (including phenoxy) is 1. The second kappa shape index (κ2) is 5.99. The first-order valence-corrected chi connectivity index (χ1v) is 8.18. The Balaban J connectivity index is 1.82. The van der Waals surface area contributed by atoms with Crippen LogP contribution < -0.4 is 5.73 Å². The zero-order chi connectivity index (χ0) is 17.4. The maximum absolute atomic E-state index is 12.5. The number of hydrogen-bond acceptors (Lipinski definition) is 5. The largest absolute Gasteiger partial charge is 0.460 e. The molecule has 0 spiro atoms. The van der Waals surface area contributed by atoms with Crippen LogP contribution in [0.25, 0.3) is 11.3 Å². The molecule has 124 valence electrons. The van der Waals surface area contributed by atoms with E-state index in [1.165, 1.54) is 0 Å². The zero-order valence-electron chi connectivity index (χ0n) is 13.5. The van der Waals surface area contributed by atoms with Gasteiger partial charge in [-0.25, -0.2) is 0 Å². The lowest BCUT2D eigenvalue weighted by atomic mass is 9.80. The van der Waals surface area contributed by atoms with Gasteiger partial charge in [-0.05, 0) is 18.6 Å². The minimum Gasteiger partial charge on any atom is -0.460 e. The first-order chi connectivity index (χ1) is 12.2. The molecule has 1 aliphatic carbocycles. The van der Waals surface area contributed by atoms with Crippen molar-refractivity contribution in [2.24, 2.45) is 5.73 Å². The summed E-state index contributed by atoms with van der Waals surface area (Å²) >= 11 is 0. The van der Waals surface area contributed by atoms with Gasteiger partial charge in [0.2, 0.25) is 5.88 Å². The minimum atomic E-state index is -0.598. The average molecular weight is 332 g/mol. The van der Waals surface area contributed by atoms with Gasteiger partial charge in [-0.1, -0.05) is 30.3 Å². The fourth-order valence-electron chi connectivity index (χ4n) is 3.41. The maximum atomic E-state index is 12.5. The van der Waals surface area contributed by atoms with Crippen LogP contribution in [-0.2, 0) is 9.53 Å². The molecule has 1 atom stereocenters. The summed E-state index contributed by atoms with van der Waals surface area (Å²) in [5.41, 5.74) is 7.60. The van der Waals surface area contributed by atoms with Gasteiger partial charge in [0, 0.05) is 24.0 Å². The molecular weight excluding hydrogens is 316 g/mol. The first kappa shape index (κ1) is 15.3. The second-order valence-corrected chi connectivity index (χ2v) is 6.11. The highest BCUT2D eigenvalue weighted by molar-refractivity contribution is 5.99. The number of nitrogens with two attached hydrogens (primary N) is 1. The smallest absolute Gasteiger partial charge is 0.205 e. The predicted octanol–water partition coefficient (Wildman–Crippen LogP) is 3.76. The van der Waals surface area contributed by atoms with Crippen LogP contribution in [-0.4, -0.2) is 5.78 Å². The summed E-state index contributed by atoms with van der Waals surface area (Å²) in [6.07, 6.45) is 1.82. The summed E-state index contributed by atoms with van der Waals surface area (Å²) in [4.78, 5) is 12.5. The van der Waals surface area contributed by atoms with Gasteiger partial charge in [0.1, 0.15) is 28.9 Å². The van der Waals surface area contributed by atoms with Crippen LogP contribution in [0.1, 0.15) is 30.9 Å². The third-order valence-corrected chi connectivity index (χ3v) is 4.57. The number of rotatable bonds is 2. The van der Waals surface area contributed by atoms with Gasteiger partial charge >= 0.3 is 0 Å². The molecule has 2 aromatic rings. The quantitative estimate of drug-likeness (QED) is 0.904. The predicted molar refractivity (Wildman–Crippen MR) is 90.7 cm³/mol. The van der Waals surface area contributed by atoms with E-state index < -0.39 is 5.92 Å². The monoisotopic (exact) mass is 332 g/mol. The molecule has 2 aliphatic rings. The molecule has 2 N–H and O–H groups in total.